The third kappa shape index (κ3) is 4.13. The summed E-state index contributed by atoms with van der Waals surface area (Å²) in [6.07, 6.45) is 3.45. The molecule has 0 unspecified atom stereocenters. The molecule has 0 saturated carbocycles. The molecule has 0 atom stereocenters. The maximum absolute atomic E-state index is 13.1. The molecule has 2 aromatic carbocycles. The zero-order chi connectivity index (χ0) is 20.4. The summed E-state index contributed by atoms with van der Waals surface area (Å²) in [4.78, 5) is 21.9. The van der Waals surface area contributed by atoms with Gasteiger partial charge in [0.25, 0.3) is 5.91 Å². The van der Waals surface area contributed by atoms with Crippen LogP contribution < -0.4 is 5.32 Å². The number of hydrogen-bond donors (Lipinski definition) is 1. The van der Waals surface area contributed by atoms with E-state index >= 15 is 0 Å². The van der Waals surface area contributed by atoms with Crippen molar-refractivity contribution in [3.05, 3.63) is 94.3 Å². The highest BCUT2D eigenvalue weighted by Gasteiger charge is 2.15. The van der Waals surface area contributed by atoms with Gasteiger partial charge in [-0.15, -0.1) is 0 Å². The van der Waals surface area contributed by atoms with E-state index in [9.17, 15) is 4.79 Å². The number of nitrogens with one attached hydrogen (secondary N) is 1. The molecule has 0 aliphatic rings. The molecule has 2 aromatic heterocycles. The molecule has 0 spiro atoms. The van der Waals surface area contributed by atoms with Crippen molar-refractivity contribution in [3.8, 4) is 11.3 Å². The Kier molecular flexibility index (Phi) is 5.28. The Labute approximate surface area is 174 Å². The van der Waals surface area contributed by atoms with Crippen molar-refractivity contribution in [2.24, 2.45) is 0 Å². The second-order valence-electron chi connectivity index (χ2n) is 7.08. The molecule has 2 heterocycles. The average Bonchev–Trinajstić information content (AvgIpc) is 2.72. The average molecular weight is 402 g/mol. The number of pyridine rings is 2. The number of benzene rings is 2. The third-order valence-electron chi connectivity index (χ3n) is 4.85. The fourth-order valence-electron chi connectivity index (χ4n) is 3.41. The number of fused-ring (bicyclic) bond motifs is 1. The van der Waals surface area contributed by atoms with Gasteiger partial charge in [0.2, 0.25) is 0 Å². The molecule has 4 aromatic rings. The van der Waals surface area contributed by atoms with Gasteiger partial charge in [0.05, 0.1) is 16.8 Å². The molecular formula is C24H20ClN3O. The van der Waals surface area contributed by atoms with E-state index in [2.05, 4.69) is 36.3 Å². The van der Waals surface area contributed by atoms with Crippen molar-refractivity contribution in [2.75, 3.05) is 0 Å². The predicted molar refractivity (Wildman–Crippen MR) is 117 cm³/mol. The summed E-state index contributed by atoms with van der Waals surface area (Å²) < 4.78 is 0. The lowest BCUT2D eigenvalue weighted by atomic mass is 9.99. The Morgan fingerprint density at radius 1 is 1.07 bits per heavy atom. The van der Waals surface area contributed by atoms with Crippen LogP contribution in [0, 0.1) is 13.8 Å². The lowest BCUT2D eigenvalue weighted by Crippen LogP contribution is -2.23. The van der Waals surface area contributed by atoms with Crippen molar-refractivity contribution in [2.45, 2.75) is 20.4 Å². The van der Waals surface area contributed by atoms with Gasteiger partial charge >= 0.3 is 0 Å². The molecule has 0 bridgehead atoms. The summed E-state index contributed by atoms with van der Waals surface area (Å²) in [6, 6.07) is 17.3. The Morgan fingerprint density at radius 3 is 2.69 bits per heavy atom. The van der Waals surface area contributed by atoms with Crippen molar-refractivity contribution < 1.29 is 4.79 Å². The zero-order valence-electron chi connectivity index (χ0n) is 16.2. The Bertz CT molecular complexity index is 1210. The van der Waals surface area contributed by atoms with Crippen LogP contribution in [0.1, 0.15) is 27.0 Å². The van der Waals surface area contributed by atoms with E-state index in [0.29, 0.717) is 17.1 Å². The summed E-state index contributed by atoms with van der Waals surface area (Å²) in [5.74, 6) is -0.172. The first kappa shape index (κ1) is 19.1. The second kappa shape index (κ2) is 8.02. The third-order valence-corrected chi connectivity index (χ3v) is 5.08. The first-order chi connectivity index (χ1) is 14.0. The van der Waals surface area contributed by atoms with E-state index in [1.165, 1.54) is 5.56 Å². The molecule has 0 aliphatic carbocycles. The highest BCUT2D eigenvalue weighted by molar-refractivity contribution is 6.31. The second-order valence-corrected chi connectivity index (χ2v) is 7.52. The molecule has 5 heteroatoms. The van der Waals surface area contributed by atoms with E-state index in [0.717, 1.165) is 33.3 Å². The number of aromatic nitrogens is 2. The van der Waals surface area contributed by atoms with E-state index < -0.39 is 0 Å². The van der Waals surface area contributed by atoms with Crippen LogP contribution in [-0.2, 0) is 6.54 Å². The molecule has 1 N–H and O–H groups in total. The number of rotatable bonds is 4. The van der Waals surface area contributed by atoms with Gasteiger partial charge in [0, 0.05) is 34.9 Å². The normalized spacial score (nSPS) is 10.9. The van der Waals surface area contributed by atoms with Gasteiger partial charge < -0.3 is 5.32 Å². The highest BCUT2D eigenvalue weighted by atomic mass is 35.5. The van der Waals surface area contributed by atoms with Crippen LogP contribution in [0.3, 0.4) is 0 Å². The minimum atomic E-state index is -0.172. The van der Waals surface area contributed by atoms with Crippen LogP contribution >= 0.6 is 11.6 Å². The molecular weight excluding hydrogens is 382 g/mol. The number of halogens is 1. The van der Waals surface area contributed by atoms with E-state index in [1.807, 2.05) is 30.3 Å². The number of carbonyl (C=O) groups excluding carboxylic acids is 1. The molecule has 0 fully saturated rings. The summed E-state index contributed by atoms with van der Waals surface area (Å²) in [7, 11) is 0. The molecule has 1 amide bonds. The van der Waals surface area contributed by atoms with E-state index in [4.69, 9.17) is 16.6 Å². The first-order valence-electron chi connectivity index (χ1n) is 9.36. The number of hydrogen-bond acceptors (Lipinski definition) is 3. The van der Waals surface area contributed by atoms with E-state index in [-0.39, 0.29) is 5.91 Å². The van der Waals surface area contributed by atoms with Gasteiger partial charge in [-0.25, -0.2) is 4.98 Å². The van der Waals surface area contributed by atoms with Crippen molar-refractivity contribution in [1.29, 1.82) is 0 Å². The van der Waals surface area contributed by atoms with Crippen molar-refractivity contribution in [3.63, 3.8) is 0 Å². The van der Waals surface area contributed by atoms with Crippen LogP contribution in [0.5, 0.6) is 0 Å². The monoisotopic (exact) mass is 401 g/mol. The summed E-state index contributed by atoms with van der Waals surface area (Å²) in [6.45, 7) is 4.51. The molecule has 0 aliphatic heterocycles. The topological polar surface area (TPSA) is 54.9 Å². The minimum absolute atomic E-state index is 0.172. The smallest absolute Gasteiger partial charge is 0.252 e. The molecule has 0 saturated heterocycles. The largest absolute Gasteiger partial charge is 0.348 e. The van der Waals surface area contributed by atoms with E-state index in [1.54, 1.807) is 24.5 Å². The zero-order valence-corrected chi connectivity index (χ0v) is 17.0. The van der Waals surface area contributed by atoms with Gasteiger partial charge in [0.1, 0.15) is 0 Å². The highest BCUT2D eigenvalue weighted by Crippen LogP contribution is 2.29. The summed E-state index contributed by atoms with van der Waals surface area (Å²) >= 11 is 6.20. The lowest BCUT2D eigenvalue weighted by molar-refractivity contribution is 0.0952. The van der Waals surface area contributed by atoms with Crippen LogP contribution in [0.25, 0.3) is 22.2 Å². The molecule has 4 nitrogen and oxygen atoms in total. The summed E-state index contributed by atoms with van der Waals surface area (Å²) in [5, 5.41) is 4.28. The SMILES string of the molecule is Cc1ccc(-c2cc(C(=O)NCc3cccnc3)c3cc(Cl)ccc3n2)c(C)c1. The Morgan fingerprint density at radius 2 is 1.93 bits per heavy atom. The maximum atomic E-state index is 13.1. The standard InChI is InChI=1S/C24H20ClN3O/c1-15-5-7-19(16(2)10-15)23-12-21(20-11-18(25)6-8-22(20)28-23)24(29)27-14-17-4-3-9-26-13-17/h3-13H,14H2,1-2H3,(H,27,29). The molecule has 0 radical (unpaired) electrons. The van der Waals surface area contributed by atoms with Crippen LogP contribution in [0.4, 0.5) is 0 Å². The quantitative estimate of drug-likeness (QED) is 0.491. The van der Waals surface area contributed by atoms with Crippen LogP contribution in [0.2, 0.25) is 5.02 Å². The van der Waals surface area contributed by atoms with Gasteiger partial charge in [-0.2, -0.15) is 0 Å². The Hall–Kier alpha value is -3.24. The van der Waals surface area contributed by atoms with Gasteiger partial charge in [-0.05, 0) is 55.3 Å². The van der Waals surface area contributed by atoms with Gasteiger partial charge in [-0.1, -0.05) is 41.4 Å². The fourth-order valence-corrected chi connectivity index (χ4v) is 3.58. The van der Waals surface area contributed by atoms with Gasteiger partial charge in [0.15, 0.2) is 0 Å². The first-order valence-corrected chi connectivity index (χ1v) is 9.74. The maximum Gasteiger partial charge on any atom is 0.252 e. The summed E-state index contributed by atoms with van der Waals surface area (Å²) in [5.41, 5.74) is 6.31. The van der Waals surface area contributed by atoms with Crippen molar-refractivity contribution >= 4 is 28.4 Å². The number of nitrogens with zero attached hydrogens (tertiary/aromatic N) is 2. The van der Waals surface area contributed by atoms with Crippen LogP contribution in [0.15, 0.2) is 67.0 Å². The predicted octanol–water partition coefficient (Wildman–Crippen LogP) is 5.50. The lowest BCUT2D eigenvalue weighted by Gasteiger charge is -2.13. The number of carbonyl (C=O) groups is 1. The minimum Gasteiger partial charge on any atom is -0.348 e. The molecule has 4 rings (SSSR count). The number of aryl methyl sites for hydroxylation is 2. The molecule has 144 valence electrons. The Balaban J connectivity index is 1.78. The van der Waals surface area contributed by atoms with Crippen molar-refractivity contribution in [1.82, 2.24) is 15.3 Å². The van der Waals surface area contributed by atoms with Gasteiger partial charge in [-0.3, -0.25) is 9.78 Å². The fraction of sp³-hybridized carbons (Fsp3) is 0.125. The van der Waals surface area contributed by atoms with Crippen LogP contribution in [-0.4, -0.2) is 15.9 Å². The number of amides is 1. The molecule has 29 heavy (non-hydrogen) atoms.